The molecule has 3 aromatic rings. The van der Waals surface area contributed by atoms with Crippen LogP contribution in [0.3, 0.4) is 0 Å². The van der Waals surface area contributed by atoms with Crippen LogP contribution in [0.1, 0.15) is 29.5 Å². The van der Waals surface area contributed by atoms with Crippen LogP contribution in [0, 0.1) is 18.3 Å². The first-order chi connectivity index (χ1) is 14.1. The highest BCUT2D eigenvalue weighted by atomic mass is 16.1. The quantitative estimate of drug-likeness (QED) is 0.516. The Labute approximate surface area is 170 Å². The summed E-state index contributed by atoms with van der Waals surface area (Å²) in [6.07, 6.45) is 5.50. The topological polar surface area (TPSA) is 70.7 Å². The van der Waals surface area contributed by atoms with Crippen molar-refractivity contribution in [3.8, 4) is 17.3 Å². The molecule has 4 rings (SSSR count). The summed E-state index contributed by atoms with van der Waals surface area (Å²) in [4.78, 5) is 12.4. The van der Waals surface area contributed by atoms with E-state index in [1.807, 2.05) is 72.4 Å². The minimum atomic E-state index is -0.319. The number of hydrogen-bond donors (Lipinski definition) is 1. The first-order valence-electron chi connectivity index (χ1n) is 9.73. The lowest BCUT2D eigenvalue weighted by molar-refractivity contribution is -0.117. The Morgan fingerprint density at radius 2 is 2.03 bits per heavy atom. The summed E-state index contributed by atoms with van der Waals surface area (Å²) in [5.41, 5.74) is 4.84. The molecule has 0 spiro atoms. The zero-order chi connectivity index (χ0) is 20.2. The first kappa shape index (κ1) is 18.7. The molecule has 5 nitrogen and oxygen atoms in total. The second-order valence-corrected chi connectivity index (χ2v) is 7.40. The lowest BCUT2D eigenvalue weighted by atomic mass is 10.0. The summed E-state index contributed by atoms with van der Waals surface area (Å²) in [7, 11) is 0. The fraction of sp³-hybridized carbons (Fsp3) is 0.208. The number of benzene rings is 2. The van der Waals surface area contributed by atoms with Crippen LogP contribution in [0.15, 0.2) is 66.4 Å². The monoisotopic (exact) mass is 382 g/mol. The van der Waals surface area contributed by atoms with E-state index in [0.717, 1.165) is 40.8 Å². The second kappa shape index (κ2) is 8.15. The molecular weight excluding hydrogens is 360 g/mol. The summed E-state index contributed by atoms with van der Waals surface area (Å²) in [6.45, 7) is 2.65. The van der Waals surface area contributed by atoms with Crippen molar-refractivity contribution in [3.63, 3.8) is 0 Å². The van der Waals surface area contributed by atoms with Gasteiger partial charge in [-0.25, -0.2) is 0 Å². The van der Waals surface area contributed by atoms with E-state index in [4.69, 9.17) is 5.10 Å². The van der Waals surface area contributed by atoms with Gasteiger partial charge in [0.2, 0.25) is 0 Å². The average Bonchev–Trinajstić information content (AvgIpc) is 3.45. The van der Waals surface area contributed by atoms with Gasteiger partial charge in [-0.3, -0.25) is 9.48 Å². The number of hydrogen-bond acceptors (Lipinski definition) is 3. The van der Waals surface area contributed by atoms with Gasteiger partial charge in [-0.15, -0.1) is 0 Å². The number of aromatic nitrogens is 2. The Hall–Kier alpha value is -3.65. The molecule has 29 heavy (non-hydrogen) atoms. The Bertz CT molecular complexity index is 1100. The van der Waals surface area contributed by atoms with E-state index in [0.29, 0.717) is 6.54 Å². The van der Waals surface area contributed by atoms with Crippen LogP contribution in [0.2, 0.25) is 0 Å². The standard InChI is InChI=1S/C24H22N4O/c1-17-6-5-9-19(12-17)23-21(13-20(14-25)24(29)26-22-10-11-22)16-28(27-23)15-18-7-3-2-4-8-18/h2-9,12-13,16,22H,10-11,15H2,1H3,(H,26,29)/b20-13+. The second-order valence-electron chi connectivity index (χ2n) is 7.40. The van der Waals surface area contributed by atoms with Crippen molar-refractivity contribution in [3.05, 3.63) is 83.1 Å². The lowest BCUT2D eigenvalue weighted by Gasteiger charge is -2.03. The zero-order valence-corrected chi connectivity index (χ0v) is 16.3. The minimum absolute atomic E-state index is 0.102. The number of carbonyl (C=O) groups is 1. The normalized spacial score (nSPS) is 13.7. The Balaban J connectivity index is 1.72. The molecule has 1 amide bonds. The van der Waals surface area contributed by atoms with E-state index in [1.165, 1.54) is 0 Å². The van der Waals surface area contributed by atoms with E-state index in [9.17, 15) is 10.1 Å². The number of amides is 1. The summed E-state index contributed by atoms with van der Waals surface area (Å²) < 4.78 is 1.85. The molecule has 0 saturated heterocycles. The van der Waals surface area contributed by atoms with Gasteiger partial charge in [-0.1, -0.05) is 54.1 Å². The fourth-order valence-electron chi connectivity index (χ4n) is 3.21. The molecule has 0 radical (unpaired) electrons. The predicted molar refractivity (Wildman–Crippen MR) is 113 cm³/mol. The molecule has 1 aromatic heterocycles. The van der Waals surface area contributed by atoms with Crippen molar-refractivity contribution in [2.45, 2.75) is 32.4 Å². The third-order valence-corrected chi connectivity index (χ3v) is 4.85. The molecule has 0 aliphatic heterocycles. The van der Waals surface area contributed by atoms with Gasteiger partial charge < -0.3 is 5.32 Å². The molecule has 144 valence electrons. The van der Waals surface area contributed by atoms with Crippen molar-refractivity contribution in [1.29, 1.82) is 5.26 Å². The summed E-state index contributed by atoms with van der Waals surface area (Å²) >= 11 is 0. The lowest BCUT2D eigenvalue weighted by Crippen LogP contribution is -2.26. The van der Waals surface area contributed by atoms with E-state index in [1.54, 1.807) is 6.08 Å². The zero-order valence-electron chi connectivity index (χ0n) is 16.3. The number of nitrogens with one attached hydrogen (secondary N) is 1. The van der Waals surface area contributed by atoms with Crippen LogP contribution >= 0.6 is 0 Å². The molecule has 0 bridgehead atoms. The van der Waals surface area contributed by atoms with Crippen molar-refractivity contribution in [1.82, 2.24) is 15.1 Å². The van der Waals surface area contributed by atoms with Crippen LogP contribution in [0.25, 0.3) is 17.3 Å². The average molecular weight is 382 g/mol. The van der Waals surface area contributed by atoms with Gasteiger partial charge in [0.25, 0.3) is 5.91 Å². The largest absolute Gasteiger partial charge is 0.349 e. The van der Waals surface area contributed by atoms with E-state index >= 15 is 0 Å². The molecule has 5 heteroatoms. The van der Waals surface area contributed by atoms with Gasteiger partial charge in [0.1, 0.15) is 11.6 Å². The van der Waals surface area contributed by atoms with Crippen LogP contribution in [0.4, 0.5) is 0 Å². The Kier molecular flexibility index (Phi) is 5.26. The van der Waals surface area contributed by atoms with Crippen LogP contribution < -0.4 is 5.32 Å². The predicted octanol–water partition coefficient (Wildman–Crippen LogP) is 4.09. The summed E-state index contributed by atoms with van der Waals surface area (Å²) in [5.74, 6) is -0.319. The molecule has 0 unspecified atom stereocenters. The highest BCUT2D eigenvalue weighted by molar-refractivity contribution is 6.02. The van der Waals surface area contributed by atoms with Crippen molar-refractivity contribution >= 4 is 12.0 Å². The van der Waals surface area contributed by atoms with Gasteiger partial charge in [-0.05, 0) is 37.5 Å². The first-order valence-corrected chi connectivity index (χ1v) is 9.73. The number of carbonyl (C=O) groups excluding carboxylic acids is 1. The maximum Gasteiger partial charge on any atom is 0.262 e. The molecular formula is C24H22N4O. The summed E-state index contributed by atoms with van der Waals surface area (Å²) in [6, 6.07) is 20.4. The smallest absolute Gasteiger partial charge is 0.262 e. The molecule has 1 fully saturated rings. The SMILES string of the molecule is Cc1cccc(-c2nn(Cc3ccccc3)cc2/C=C(\C#N)C(=O)NC2CC2)c1. The fourth-order valence-corrected chi connectivity index (χ4v) is 3.21. The highest BCUT2D eigenvalue weighted by Gasteiger charge is 2.25. The van der Waals surface area contributed by atoms with Gasteiger partial charge in [0, 0.05) is 23.4 Å². The van der Waals surface area contributed by atoms with Gasteiger partial charge in [-0.2, -0.15) is 10.4 Å². The maximum absolute atomic E-state index is 12.4. The molecule has 1 heterocycles. The van der Waals surface area contributed by atoms with Crippen molar-refractivity contribution in [2.75, 3.05) is 0 Å². The number of aryl methyl sites for hydroxylation is 1. The van der Waals surface area contributed by atoms with Crippen LogP contribution in [-0.4, -0.2) is 21.7 Å². The number of rotatable bonds is 6. The Morgan fingerprint density at radius 1 is 1.24 bits per heavy atom. The van der Waals surface area contributed by atoms with Crippen molar-refractivity contribution < 1.29 is 4.79 Å². The Morgan fingerprint density at radius 3 is 2.72 bits per heavy atom. The third kappa shape index (κ3) is 4.61. The molecule has 1 saturated carbocycles. The number of nitriles is 1. The number of nitrogens with zero attached hydrogens (tertiary/aromatic N) is 3. The molecule has 2 aromatic carbocycles. The van der Waals surface area contributed by atoms with Gasteiger partial charge in [0.05, 0.1) is 12.2 Å². The van der Waals surface area contributed by atoms with Gasteiger partial charge >= 0.3 is 0 Å². The van der Waals surface area contributed by atoms with Crippen molar-refractivity contribution in [2.24, 2.45) is 0 Å². The molecule has 1 aliphatic carbocycles. The molecule has 0 atom stereocenters. The van der Waals surface area contributed by atoms with Crippen LogP contribution in [0.5, 0.6) is 0 Å². The van der Waals surface area contributed by atoms with Crippen LogP contribution in [-0.2, 0) is 11.3 Å². The maximum atomic E-state index is 12.4. The molecule has 1 aliphatic rings. The van der Waals surface area contributed by atoms with Gasteiger partial charge in [0.15, 0.2) is 0 Å². The minimum Gasteiger partial charge on any atom is -0.349 e. The van der Waals surface area contributed by atoms with E-state index in [2.05, 4.69) is 11.4 Å². The highest BCUT2D eigenvalue weighted by Crippen LogP contribution is 2.26. The molecule has 1 N–H and O–H groups in total. The van der Waals surface area contributed by atoms with E-state index in [-0.39, 0.29) is 17.5 Å². The van der Waals surface area contributed by atoms with E-state index < -0.39 is 0 Å². The third-order valence-electron chi connectivity index (χ3n) is 4.85. The summed E-state index contributed by atoms with van der Waals surface area (Å²) in [5, 5.41) is 17.2.